The van der Waals surface area contributed by atoms with Crippen molar-refractivity contribution >= 4 is 17.2 Å². The summed E-state index contributed by atoms with van der Waals surface area (Å²) in [5, 5.41) is 2.50. The SMILES string of the molecule is CC1=C(c2ccccc2)C(=O)NC(C)(O[Cl+3]([O-])([O-])[O-])N1c1ccccc1. The van der Waals surface area contributed by atoms with Gasteiger partial charge in [-0.2, -0.15) is 14.0 Å². The van der Waals surface area contributed by atoms with E-state index >= 15 is 0 Å². The van der Waals surface area contributed by atoms with E-state index in [-0.39, 0.29) is 0 Å². The standard InChI is InChI=1S/C18H17ClN2O5/c1-13-16(14-9-5-3-6-10-14)17(22)20-18(2,26-19(23,24)25)21(13)15-11-7-4-8-12-15/h3-12H,1-2H3,(H,20,22). The molecule has 2 aromatic rings. The fourth-order valence-electron chi connectivity index (χ4n) is 3.12. The van der Waals surface area contributed by atoms with Crippen molar-refractivity contribution < 1.29 is 33.3 Å². The van der Waals surface area contributed by atoms with Gasteiger partial charge in [-0.15, -0.1) is 0 Å². The zero-order chi connectivity index (χ0) is 18.9. The normalized spacial score (nSPS) is 21.0. The average Bonchev–Trinajstić information content (AvgIpc) is 2.54. The number of nitrogens with zero attached hydrogens (tertiary/aromatic N) is 1. The number of nitrogens with one attached hydrogen (secondary N) is 1. The van der Waals surface area contributed by atoms with E-state index in [2.05, 4.69) is 5.32 Å². The molecular weight excluding hydrogens is 360 g/mol. The van der Waals surface area contributed by atoms with Crippen LogP contribution in [0.4, 0.5) is 5.69 Å². The number of anilines is 1. The van der Waals surface area contributed by atoms with Gasteiger partial charge in [0.2, 0.25) is 0 Å². The summed E-state index contributed by atoms with van der Waals surface area (Å²) < 4.78 is 38.4. The minimum Gasteiger partial charge on any atom is -0.293 e. The molecule has 1 aliphatic heterocycles. The summed E-state index contributed by atoms with van der Waals surface area (Å²) in [5.74, 6) is -2.44. The van der Waals surface area contributed by atoms with E-state index in [9.17, 15) is 18.8 Å². The fraction of sp³-hybridized carbons (Fsp3) is 0.167. The molecule has 0 saturated carbocycles. The lowest BCUT2D eigenvalue weighted by atomic mass is 9.99. The molecule has 0 fully saturated rings. The van der Waals surface area contributed by atoms with Crippen LogP contribution in [-0.2, 0) is 9.08 Å². The van der Waals surface area contributed by atoms with Crippen LogP contribution in [0.5, 0.6) is 0 Å². The zero-order valence-electron chi connectivity index (χ0n) is 14.1. The molecule has 0 radical (unpaired) electrons. The molecule has 0 spiro atoms. The number of allylic oxidation sites excluding steroid dienone is 1. The number of benzene rings is 2. The first-order valence-electron chi connectivity index (χ1n) is 7.77. The van der Waals surface area contributed by atoms with Gasteiger partial charge in [-0.05, 0) is 24.6 Å². The van der Waals surface area contributed by atoms with Crippen LogP contribution in [0.3, 0.4) is 0 Å². The quantitative estimate of drug-likeness (QED) is 0.780. The van der Waals surface area contributed by atoms with Gasteiger partial charge in [0, 0.05) is 18.3 Å². The van der Waals surface area contributed by atoms with Crippen LogP contribution < -0.4 is 24.2 Å². The predicted octanol–water partition coefficient (Wildman–Crippen LogP) is -0.358. The highest BCUT2D eigenvalue weighted by Crippen LogP contribution is 2.36. The van der Waals surface area contributed by atoms with Gasteiger partial charge in [-0.1, -0.05) is 48.5 Å². The Balaban J connectivity index is 2.19. The summed E-state index contributed by atoms with van der Waals surface area (Å²) in [6.45, 7) is 2.98. The van der Waals surface area contributed by atoms with E-state index in [0.29, 0.717) is 22.5 Å². The summed E-state index contributed by atoms with van der Waals surface area (Å²) in [4.78, 5) is 14.2. The smallest absolute Gasteiger partial charge is 0.293 e. The molecule has 1 N–H and O–H groups in total. The molecule has 2 aromatic carbocycles. The maximum atomic E-state index is 12.7. The van der Waals surface area contributed by atoms with Gasteiger partial charge in [0.25, 0.3) is 5.91 Å². The number of carbonyl (C=O) groups excluding carboxylic acids is 1. The van der Waals surface area contributed by atoms with E-state index in [4.69, 9.17) is 4.29 Å². The molecular formula is C18H17ClN2O5. The van der Waals surface area contributed by atoms with Gasteiger partial charge in [-0.25, -0.2) is 0 Å². The fourth-order valence-corrected chi connectivity index (χ4v) is 3.60. The summed E-state index contributed by atoms with van der Waals surface area (Å²) in [7, 11) is -4.78. The highest BCUT2D eigenvalue weighted by molar-refractivity contribution is 6.22. The molecule has 1 atom stereocenters. The Bertz CT molecular complexity index is 836. The molecule has 1 aliphatic rings. The number of amides is 1. The minimum atomic E-state index is -4.78. The monoisotopic (exact) mass is 376 g/mol. The van der Waals surface area contributed by atoms with E-state index in [1.54, 1.807) is 61.5 Å². The molecule has 0 bridgehead atoms. The number of carbonyl (C=O) groups is 1. The third-order valence-electron chi connectivity index (χ3n) is 4.02. The van der Waals surface area contributed by atoms with Crippen molar-refractivity contribution in [2.45, 2.75) is 19.7 Å². The van der Waals surface area contributed by atoms with E-state index < -0.39 is 22.0 Å². The zero-order valence-corrected chi connectivity index (χ0v) is 14.9. The highest BCUT2D eigenvalue weighted by atomic mass is 35.7. The lowest BCUT2D eigenvalue weighted by Crippen LogP contribution is -2.72. The third kappa shape index (κ3) is 3.57. The number of rotatable bonds is 4. The largest absolute Gasteiger partial charge is 0.376 e. The van der Waals surface area contributed by atoms with Crippen LogP contribution in [-0.4, -0.2) is 11.8 Å². The van der Waals surface area contributed by atoms with Crippen LogP contribution >= 0.6 is 0 Å². The molecule has 0 saturated heterocycles. The van der Waals surface area contributed by atoms with Crippen molar-refractivity contribution in [3.63, 3.8) is 0 Å². The Morgan fingerprint density at radius 1 is 1.00 bits per heavy atom. The molecule has 3 rings (SSSR count). The number of para-hydroxylation sites is 1. The predicted molar refractivity (Wildman–Crippen MR) is 85.6 cm³/mol. The van der Waals surface area contributed by atoms with Crippen molar-refractivity contribution in [3.8, 4) is 0 Å². The van der Waals surface area contributed by atoms with Gasteiger partial charge in [0.15, 0.2) is 0 Å². The van der Waals surface area contributed by atoms with Gasteiger partial charge < -0.3 is 0 Å². The maximum Gasteiger partial charge on any atom is 0.376 e. The summed E-state index contributed by atoms with van der Waals surface area (Å²) in [5.41, 5.74) is 2.02. The van der Waals surface area contributed by atoms with Crippen LogP contribution in [0, 0.1) is 10.2 Å². The number of halogens is 1. The first-order valence-corrected chi connectivity index (χ1v) is 9.00. The summed E-state index contributed by atoms with van der Waals surface area (Å²) >= 11 is 0. The van der Waals surface area contributed by atoms with Gasteiger partial charge in [0.1, 0.15) is 4.29 Å². The average molecular weight is 377 g/mol. The van der Waals surface area contributed by atoms with E-state index in [1.165, 1.54) is 11.8 Å². The van der Waals surface area contributed by atoms with Crippen molar-refractivity contribution in [2.75, 3.05) is 4.90 Å². The minimum absolute atomic E-state index is 0.357. The van der Waals surface area contributed by atoms with Crippen molar-refractivity contribution in [2.24, 2.45) is 0 Å². The Hall–Kier alpha value is -2.42. The van der Waals surface area contributed by atoms with Gasteiger partial charge in [0.05, 0.1) is 15.8 Å². The van der Waals surface area contributed by atoms with Crippen molar-refractivity contribution in [1.82, 2.24) is 5.32 Å². The van der Waals surface area contributed by atoms with E-state index in [1.807, 2.05) is 6.07 Å². The molecule has 26 heavy (non-hydrogen) atoms. The first-order chi connectivity index (χ1) is 12.2. The molecule has 0 aromatic heterocycles. The van der Waals surface area contributed by atoms with Crippen LogP contribution in [0.1, 0.15) is 19.4 Å². The highest BCUT2D eigenvalue weighted by Gasteiger charge is 2.53. The van der Waals surface area contributed by atoms with Crippen molar-refractivity contribution in [3.05, 3.63) is 71.9 Å². The van der Waals surface area contributed by atoms with Crippen LogP contribution in [0.15, 0.2) is 66.4 Å². The van der Waals surface area contributed by atoms with Gasteiger partial charge >= 0.3 is 5.85 Å². The van der Waals surface area contributed by atoms with Crippen LogP contribution in [0.25, 0.3) is 5.57 Å². The summed E-state index contributed by atoms with van der Waals surface area (Å²) in [6, 6.07) is 17.7. The second kappa shape index (κ2) is 6.71. The second-order valence-corrected chi connectivity index (χ2v) is 6.80. The van der Waals surface area contributed by atoms with Crippen molar-refractivity contribution in [1.29, 1.82) is 0 Å². The molecule has 136 valence electrons. The van der Waals surface area contributed by atoms with Gasteiger partial charge in [-0.3, -0.25) is 15.0 Å². The molecule has 1 unspecified atom stereocenters. The number of hydrogen-bond donors (Lipinski definition) is 1. The summed E-state index contributed by atoms with van der Waals surface area (Å²) in [6.07, 6.45) is 0. The Labute approximate surface area is 152 Å². The number of hydrogen-bond acceptors (Lipinski definition) is 6. The molecule has 7 nitrogen and oxygen atoms in total. The molecule has 1 amide bonds. The lowest BCUT2D eigenvalue weighted by Gasteiger charge is -2.42. The Morgan fingerprint density at radius 3 is 2.08 bits per heavy atom. The molecule has 8 heteroatoms. The maximum absolute atomic E-state index is 12.7. The molecule has 1 heterocycles. The topological polar surface area (TPSA) is 111 Å². The third-order valence-corrected chi connectivity index (χ3v) is 4.51. The lowest BCUT2D eigenvalue weighted by molar-refractivity contribution is -1.92. The first kappa shape index (κ1) is 18.4. The van der Waals surface area contributed by atoms with E-state index in [0.717, 1.165) is 0 Å². The van der Waals surface area contributed by atoms with Crippen LogP contribution in [0.2, 0.25) is 0 Å². The molecule has 0 aliphatic carbocycles. The Kier molecular flexibility index (Phi) is 4.74. The second-order valence-electron chi connectivity index (χ2n) is 5.89. The Morgan fingerprint density at radius 2 is 1.54 bits per heavy atom.